The molecule has 0 bridgehead atoms. The van der Waals surface area contributed by atoms with Gasteiger partial charge in [0, 0.05) is 30.8 Å². The summed E-state index contributed by atoms with van der Waals surface area (Å²) >= 11 is -1.72. The van der Waals surface area contributed by atoms with Gasteiger partial charge in [-0.25, -0.2) is 0 Å². The van der Waals surface area contributed by atoms with Crippen LogP contribution in [0.3, 0.4) is 0 Å². The molecule has 0 spiro atoms. The summed E-state index contributed by atoms with van der Waals surface area (Å²) in [4.78, 5) is 14.6. The Labute approximate surface area is 173 Å². The van der Waals surface area contributed by atoms with Crippen LogP contribution in [0.2, 0.25) is 0 Å². The van der Waals surface area contributed by atoms with Gasteiger partial charge < -0.3 is 9.08 Å². The van der Waals surface area contributed by atoms with Gasteiger partial charge >= 0.3 is 11.3 Å². The third kappa shape index (κ3) is 4.84. The summed E-state index contributed by atoms with van der Waals surface area (Å²) in [5, 5.41) is 0. The first kappa shape index (κ1) is 19.2. The quantitative estimate of drug-likeness (QED) is 0.826. The van der Waals surface area contributed by atoms with Crippen LogP contribution in [-0.4, -0.2) is 21.6 Å². The van der Waals surface area contributed by atoms with E-state index in [1.165, 1.54) is 5.56 Å². The van der Waals surface area contributed by atoms with Gasteiger partial charge in [-0.1, -0.05) is 48.6 Å². The molecule has 29 heavy (non-hydrogen) atoms. The van der Waals surface area contributed by atoms with Crippen LogP contribution in [0.15, 0.2) is 84.6 Å². The van der Waals surface area contributed by atoms with Gasteiger partial charge in [-0.15, -0.1) is 0 Å². The molecular weight excluding hydrogens is 384 g/mol. The minimum atomic E-state index is -1.72. The van der Waals surface area contributed by atoms with Crippen molar-refractivity contribution in [2.75, 3.05) is 6.54 Å². The number of nitrogens with zero attached hydrogens (tertiary/aromatic N) is 1. The van der Waals surface area contributed by atoms with E-state index < -0.39 is 11.3 Å². The lowest BCUT2D eigenvalue weighted by Gasteiger charge is -2.29. The van der Waals surface area contributed by atoms with Gasteiger partial charge in [0.2, 0.25) is 0 Å². The predicted molar refractivity (Wildman–Crippen MR) is 114 cm³/mol. The van der Waals surface area contributed by atoms with E-state index in [0.717, 1.165) is 12.0 Å². The molecule has 147 valence electrons. The van der Waals surface area contributed by atoms with Gasteiger partial charge in [0.15, 0.2) is 0 Å². The molecule has 2 aliphatic rings. The third-order valence-corrected chi connectivity index (χ3v) is 5.50. The maximum atomic E-state index is 12.7. The highest BCUT2D eigenvalue weighted by atomic mass is 32.2. The fraction of sp³-hybridized carbons (Fsp3) is 0.130. The van der Waals surface area contributed by atoms with Gasteiger partial charge in [0.05, 0.1) is 0 Å². The summed E-state index contributed by atoms with van der Waals surface area (Å²) in [5.74, 6) is 0.522. The molecule has 0 fully saturated rings. The molecule has 1 aliphatic heterocycles. The van der Waals surface area contributed by atoms with Crippen LogP contribution in [0.1, 0.15) is 21.5 Å². The summed E-state index contributed by atoms with van der Waals surface area (Å²) in [5.41, 5.74) is 3.58. The Balaban J connectivity index is 1.42. The number of fused-ring (bicyclic) bond motifs is 1. The van der Waals surface area contributed by atoms with E-state index in [-0.39, 0.29) is 5.91 Å². The molecule has 1 atom stereocenters. The Bertz CT molecular complexity index is 1010. The zero-order valence-electron chi connectivity index (χ0n) is 15.8. The van der Waals surface area contributed by atoms with E-state index in [4.69, 9.17) is 4.18 Å². The highest BCUT2D eigenvalue weighted by Crippen LogP contribution is 2.25. The lowest BCUT2D eigenvalue weighted by atomic mass is 9.99. The van der Waals surface area contributed by atoms with Crippen molar-refractivity contribution in [1.29, 1.82) is 0 Å². The van der Waals surface area contributed by atoms with Crippen LogP contribution in [-0.2, 0) is 24.2 Å². The number of rotatable bonds is 5. The number of nitrogens with one attached hydrogen (secondary N) is 1. The molecule has 1 heterocycles. The monoisotopic (exact) mass is 405 g/mol. The second kappa shape index (κ2) is 8.92. The lowest BCUT2D eigenvalue weighted by Crippen LogP contribution is -2.36. The normalized spacial score (nSPS) is 16.4. The molecule has 1 radical (unpaired) electrons. The van der Waals surface area contributed by atoms with Crippen LogP contribution < -0.4 is 8.91 Å². The number of amides is 1. The van der Waals surface area contributed by atoms with Crippen molar-refractivity contribution < 1.29 is 13.2 Å². The minimum Gasteiger partial charge on any atom is -0.385 e. The first-order valence-electron chi connectivity index (χ1n) is 9.40. The standard InChI is InChI=1S/C23H21N2O3S/c26-23(19-8-4-3-5-9-19)25-15-14-18-12-13-22(16-20(18)17-25)28-29(27)24-21-10-6-1-2-7-11-21/h1-13,16,24H,14-15,17H2. The molecule has 5 nitrogen and oxygen atoms in total. The Morgan fingerprint density at radius 2 is 1.83 bits per heavy atom. The van der Waals surface area contributed by atoms with Crippen molar-refractivity contribution in [3.63, 3.8) is 0 Å². The van der Waals surface area contributed by atoms with Gasteiger partial charge in [-0.2, -0.15) is 4.21 Å². The molecule has 0 aromatic heterocycles. The summed E-state index contributed by atoms with van der Waals surface area (Å²) in [7, 11) is 0. The second-order valence-electron chi connectivity index (χ2n) is 6.75. The van der Waals surface area contributed by atoms with Crippen molar-refractivity contribution in [1.82, 2.24) is 9.62 Å². The second-order valence-corrected chi connectivity index (χ2v) is 7.59. The lowest BCUT2D eigenvalue weighted by molar-refractivity contribution is 0.0734. The zero-order valence-corrected chi connectivity index (χ0v) is 16.6. The van der Waals surface area contributed by atoms with E-state index in [2.05, 4.69) is 4.72 Å². The molecule has 1 unspecified atom stereocenters. The van der Waals surface area contributed by atoms with Crippen molar-refractivity contribution in [2.45, 2.75) is 13.0 Å². The molecular formula is C23H21N2O3S. The number of hydrogen-bond donors (Lipinski definition) is 1. The fourth-order valence-electron chi connectivity index (χ4n) is 3.30. The number of benzene rings is 2. The molecule has 1 N–H and O–H groups in total. The third-order valence-electron chi connectivity index (χ3n) is 4.76. The molecule has 4 rings (SSSR count). The van der Waals surface area contributed by atoms with Crippen molar-refractivity contribution in [3.8, 4) is 5.75 Å². The molecule has 1 aliphatic carbocycles. The average molecular weight is 405 g/mol. The zero-order chi connectivity index (χ0) is 20.1. The van der Waals surface area contributed by atoms with E-state index in [1.807, 2.05) is 90.2 Å². The van der Waals surface area contributed by atoms with E-state index in [9.17, 15) is 9.00 Å². The van der Waals surface area contributed by atoms with Crippen LogP contribution in [0.25, 0.3) is 0 Å². The van der Waals surface area contributed by atoms with Gasteiger partial charge in [-0.3, -0.25) is 9.52 Å². The Hall–Kier alpha value is -3.12. The maximum absolute atomic E-state index is 12.7. The summed E-state index contributed by atoms with van der Waals surface area (Å²) < 4.78 is 20.7. The highest BCUT2D eigenvalue weighted by Gasteiger charge is 2.22. The predicted octanol–water partition coefficient (Wildman–Crippen LogP) is 3.65. The van der Waals surface area contributed by atoms with Crippen molar-refractivity contribution in [3.05, 3.63) is 108 Å². The first-order valence-corrected chi connectivity index (χ1v) is 10.5. The Kier molecular flexibility index (Phi) is 5.91. The van der Waals surface area contributed by atoms with Crippen molar-refractivity contribution >= 4 is 17.2 Å². The number of carbonyl (C=O) groups excluding carboxylic acids is 1. The van der Waals surface area contributed by atoms with Gasteiger partial charge in [0.25, 0.3) is 5.91 Å². The molecule has 2 aromatic rings. The van der Waals surface area contributed by atoms with Gasteiger partial charge in [-0.05, 0) is 47.9 Å². The summed E-state index contributed by atoms with van der Waals surface area (Å²) in [6, 6.07) is 15.0. The average Bonchev–Trinajstić information content (AvgIpc) is 3.02. The Morgan fingerprint density at radius 3 is 2.69 bits per heavy atom. The van der Waals surface area contributed by atoms with Crippen LogP contribution in [0.4, 0.5) is 0 Å². The first-order chi connectivity index (χ1) is 14.2. The van der Waals surface area contributed by atoms with E-state index in [1.54, 1.807) is 0 Å². The SMILES string of the molecule is O=C(c1ccccc1)N1CCc2ccc(OS(=O)NC3=CC=CC=C[CH]3)cc2C1. The topological polar surface area (TPSA) is 58.6 Å². The molecule has 0 saturated heterocycles. The van der Waals surface area contributed by atoms with Crippen LogP contribution in [0, 0.1) is 6.42 Å². The summed E-state index contributed by atoms with van der Waals surface area (Å²) in [6.45, 7) is 1.19. The van der Waals surface area contributed by atoms with Gasteiger partial charge in [0.1, 0.15) is 5.75 Å². The molecule has 1 amide bonds. The maximum Gasteiger partial charge on any atom is 0.315 e. The van der Waals surface area contributed by atoms with Crippen LogP contribution >= 0.6 is 0 Å². The smallest absolute Gasteiger partial charge is 0.315 e. The van der Waals surface area contributed by atoms with E-state index in [0.29, 0.717) is 30.1 Å². The largest absolute Gasteiger partial charge is 0.385 e. The number of carbonyl (C=O) groups is 1. The molecule has 6 heteroatoms. The summed E-state index contributed by atoms with van der Waals surface area (Å²) in [6.07, 6.45) is 11.9. The van der Waals surface area contributed by atoms with E-state index >= 15 is 0 Å². The fourth-order valence-corrected chi connectivity index (χ4v) is 3.95. The molecule has 2 aromatic carbocycles. The highest BCUT2D eigenvalue weighted by molar-refractivity contribution is 7.78. The Morgan fingerprint density at radius 1 is 1.00 bits per heavy atom. The number of hydrogen-bond acceptors (Lipinski definition) is 3. The van der Waals surface area contributed by atoms with Crippen molar-refractivity contribution in [2.24, 2.45) is 0 Å². The minimum absolute atomic E-state index is 0.0183. The van der Waals surface area contributed by atoms with Crippen LogP contribution in [0.5, 0.6) is 5.75 Å². The number of allylic oxidation sites excluding steroid dienone is 5. The molecule has 0 saturated carbocycles.